The second-order valence-corrected chi connectivity index (χ2v) is 2.83. The van der Waals surface area contributed by atoms with Gasteiger partial charge in [0.15, 0.2) is 0 Å². The lowest BCUT2D eigenvalue weighted by molar-refractivity contribution is 0.0600. The van der Waals surface area contributed by atoms with Gasteiger partial charge in [0.25, 0.3) is 0 Å². The van der Waals surface area contributed by atoms with Gasteiger partial charge < -0.3 is 14.8 Å². The molecule has 0 spiro atoms. The Balaban J connectivity index is 3.19. The Bertz CT molecular complexity index is 388. The Morgan fingerprint density at radius 3 is 2.60 bits per heavy atom. The number of carbonyl (C=O) groups excluding carboxylic acids is 2. The molecule has 15 heavy (non-hydrogen) atoms. The second kappa shape index (κ2) is 4.72. The van der Waals surface area contributed by atoms with Crippen LogP contribution in [0.3, 0.4) is 0 Å². The average molecular weight is 208 g/mol. The summed E-state index contributed by atoms with van der Waals surface area (Å²) in [7, 11) is -0.519. The zero-order valence-corrected chi connectivity index (χ0v) is 8.01. The highest BCUT2D eigenvalue weighted by Crippen LogP contribution is 2.03. The van der Waals surface area contributed by atoms with Crippen LogP contribution in [0.15, 0.2) is 18.2 Å². The van der Waals surface area contributed by atoms with Crippen LogP contribution in [-0.2, 0) is 4.74 Å². The Labute approximate surface area is 86.4 Å². The van der Waals surface area contributed by atoms with Gasteiger partial charge in [-0.25, -0.2) is 4.79 Å². The monoisotopic (exact) mass is 208 g/mol. The van der Waals surface area contributed by atoms with E-state index >= 15 is 0 Å². The zero-order valence-electron chi connectivity index (χ0n) is 8.01. The summed E-state index contributed by atoms with van der Waals surface area (Å²) in [6, 6.07) is 3.89. The van der Waals surface area contributed by atoms with Gasteiger partial charge in [0.1, 0.15) is 6.29 Å². The van der Waals surface area contributed by atoms with E-state index in [9.17, 15) is 9.59 Å². The maximum atomic E-state index is 11.1. The largest absolute Gasteiger partial charge is 0.489 e. The molecule has 0 aliphatic heterocycles. The van der Waals surface area contributed by atoms with Crippen molar-refractivity contribution >= 4 is 24.8 Å². The molecule has 0 amide bonds. The first kappa shape index (κ1) is 11.4. The van der Waals surface area contributed by atoms with E-state index in [4.69, 9.17) is 10.0 Å². The number of esters is 1. The van der Waals surface area contributed by atoms with Gasteiger partial charge in [-0.3, -0.25) is 4.79 Å². The lowest BCUT2D eigenvalue weighted by Crippen LogP contribution is -2.33. The van der Waals surface area contributed by atoms with Gasteiger partial charge in [0, 0.05) is 5.56 Å². The summed E-state index contributed by atoms with van der Waals surface area (Å²) in [5.74, 6) is -0.586. The lowest BCUT2D eigenvalue weighted by atomic mass is 9.77. The van der Waals surface area contributed by atoms with Crippen molar-refractivity contribution in [2.45, 2.75) is 0 Å². The van der Waals surface area contributed by atoms with E-state index in [1.165, 1.54) is 25.3 Å². The summed E-state index contributed by atoms with van der Waals surface area (Å²) >= 11 is 0. The Morgan fingerprint density at radius 2 is 2.13 bits per heavy atom. The molecule has 2 N–H and O–H groups in total. The first-order chi connectivity index (χ1) is 7.10. The number of aldehydes is 1. The van der Waals surface area contributed by atoms with Crippen LogP contribution < -0.4 is 5.46 Å². The van der Waals surface area contributed by atoms with Crippen LogP contribution >= 0.6 is 0 Å². The first-order valence-corrected chi connectivity index (χ1v) is 4.13. The molecular formula is C9H9BO5. The van der Waals surface area contributed by atoms with Crippen LogP contribution in [0.1, 0.15) is 20.7 Å². The van der Waals surface area contributed by atoms with Gasteiger partial charge in [0.2, 0.25) is 0 Å². The van der Waals surface area contributed by atoms with E-state index in [2.05, 4.69) is 4.74 Å². The van der Waals surface area contributed by atoms with Gasteiger partial charge in [-0.1, -0.05) is 6.07 Å². The topological polar surface area (TPSA) is 83.8 Å². The lowest BCUT2D eigenvalue weighted by Gasteiger charge is -2.05. The Kier molecular flexibility index (Phi) is 3.59. The standard InChI is InChI=1S/C9H9BO5/c1-15-9(12)6-2-3-8(10(13)14)7(4-6)5-11/h2-5,13-14H,1H3. The predicted molar refractivity (Wildman–Crippen MR) is 53.0 cm³/mol. The molecule has 0 saturated carbocycles. The number of hydrogen-bond acceptors (Lipinski definition) is 5. The molecule has 1 aromatic carbocycles. The van der Waals surface area contributed by atoms with Crippen LogP contribution in [0, 0.1) is 0 Å². The predicted octanol–water partition coefficient (Wildman–Crippen LogP) is -1.03. The van der Waals surface area contributed by atoms with Crippen LogP contribution in [0.5, 0.6) is 0 Å². The van der Waals surface area contributed by atoms with Crippen LogP contribution in [0.25, 0.3) is 0 Å². The van der Waals surface area contributed by atoms with Crippen LogP contribution in [-0.4, -0.2) is 36.5 Å². The van der Waals surface area contributed by atoms with Gasteiger partial charge in [-0.2, -0.15) is 0 Å². The highest BCUT2D eigenvalue weighted by Gasteiger charge is 2.17. The second-order valence-electron chi connectivity index (χ2n) is 2.83. The van der Waals surface area contributed by atoms with Crippen molar-refractivity contribution in [3.05, 3.63) is 29.3 Å². The minimum atomic E-state index is -1.74. The van der Waals surface area contributed by atoms with Crippen molar-refractivity contribution in [2.24, 2.45) is 0 Å². The molecule has 0 heterocycles. The average Bonchev–Trinajstić information content (AvgIpc) is 2.26. The summed E-state index contributed by atoms with van der Waals surface area (Å²) in [5, 5.41) is 17.8. The van der Waals surface area contributed by atoms with Crippen molar-refractivity contribution in [1.82, 2.24) is 0 Å². The molecule has 5 nitrogen and oxygen atoms in total. The Morgan fingerprint density at radius 1 is 1.47 bits per heavy atom. The number of methoxy groups -OCH3 is 1. The zero-order chi connectivity index (χ0) is 11.4. The van der Waals surface area contributed by atoms with E-state index in [0.29, 0.717) is 6.29 Å². The third-order valence-corrected chi connectivity index (χ3v) is 1.91. The van der Waals surface area contributed by atoms with Gasteiger partial charge in [-0.15, -0.1) is 0 Å². The van der Waals surface area contributed by atoms with Crippen LogP contribution in [0.4, 0.5) is 0 Å². The third-order valence-electron chi connectivity index (χ3n) is 1.91. The van der Waals surface area contributed by atoms with Crippen LogP contribution in [0.2, 0.25) is 0 Å². The molecule has 0 atom stereocenters. The molecule has 78 valence electrons. The van der Waals surface area contributed by atoms with E-state index in [0.717, 1.165) is 0 Å². The van der Waals surface area contributed by atoms with Crippen molar-refractivity contribution in [3.63, 3.8) is 0 Å². The molecule has 0 radical (unpaired) electrons. The van der Waals surface area contributed by atoms with E-state index in [1.807, 2.05) is 0 Å². The number of ether oxygens (including phenoxy) is 1. The molecule has 1 rings (SSSR count). The summed E-state index contributed by atoms with van der Waals surface area (Å²) in [4.78, 5) is 21.7. The fourth-order valence-corrected chi connectivity index (χ4v) is 1.16. The molecule has 0 aliphatic carbocycles. The molecule has 0 bridgehead atoms. The highest BCUT2D eigenvalue weighted by molar-refractivity contribution is 6.60. The fraction of sp³-hybridized carbons (Fsp3) is 0.111. The number of benzene rings is 1. The normalized spacial score (nSPS) is 9.53. The minimum Gasteiger partial charge on any atom is -0.465 e. The highest BCUT2D eigenvalue weighted by atomic mass is 16.5. The molecular weight excluding hydrogens is 199 g/mol. The third kappa shape index (κ3) is 2.42. The quantitative estimate of drug-likeness (QED) is 0.376. The fourth-order valence-electron chi connectivity index (χ4n) is 1.16. The van der Waals surface area contributed by atoms with Crippen molar-refractivity contribution in [2.75, 3.05) is 7.11 Å². The van der Waals surface area contributed by atoms with Crippen molar-refractivity contribution in [3.8, 4) is 0 Å². The first-order valence-electron chi connectivity index (χ1n) is 4.13. The van der Waals surface area contributed by atoms with Gasteiger partial charge >= 0.3 is 13.1 Å². The number of rotatable bonds is 3. The SMILES string of the molecule is COC(=O)c1ccc(B(O)O)c(C=O)c1. The smallest absolute Gasteiger partial charge is 0.465 e. The summed E-state index contributed by atoms with van der Waals surface area (Å²) in [5.41, 5.74) is 0.287. The maximum absolute atomic E-state index is 11.1. The summed E-state index contributed by atoms with van der Waals surface area (Å²) in [6.07, 6.45) is 0.446. The van der Waals surface area contributed by atoms with Crippen molar-refractivity contribution in [1.29, 1.82) is 0 Å². The Hall–Kier alpha value is -1.66. The van der Waals surface area contributed by atoms with Gasteiger partial charge in [-0.05, 0) is 17.6 Å². The summed E-state index contributed by atoms with van der Waals surface area (Å²) < 4.78 is 4.46. The molecule has 6 heteroatoms. The van der Waals surface area contributed by atoms with E-state index in [1.54, 1.807) is 0 Å². The molecule has 0 saturated heterocycles. The van der Waals surface area contributed by atoms with Gasteiger partial charge in [0.05, 0.1) is 12.7 Å². The molecule has 0 unspecified atom stereocenters. The van der Waals surface area contributed by atoms with E-state index < -0.39 is 13.1 Å². The number of hydrogen-bond donors (Lipinski definition) is 2. The van der Waals surface area contributed by atoms with Crippen molar-refractivity contribution < 1.29 is 24.4 Å². The molecule has 1 aromatic rings. The van der Waals surface area contributed by atoms with E-state index in [-0.39, 0.29) is 16.6 Å². The number of carbonyl (C=O) groups is 2. The molecule has 0 fully saturated rings. The molecule has 0 aromatic heterocycles. The molecule has 0 aliphatic rings. The summed E-state index contributed by atoms with van der Waals surface area (Å²) in [6.45, 7) is 0. The minimum absolute atomic E-state index is 0.0490. The maximum Gasteiger partial charge on any atom is 0.489 e.